The highest BCUT2D eigenvalue weighted by atomic mass is 79.9. The van der Waals surface area contributed by atoms with Crippen LogP contribution in [-0.2, 0) is 9.53 Å². The third kappa shape index (κ3) is 4.30. The van der Waals surface area contributed by atoms with Crippen LogP contribution in [0.25, 0.3) is 17.0 Å². The molecule has 10 heteroatoms. The highest BCUT2D eigenvalue weighted by Crippen LogP contribution is 2.40. The third-order valence-electron chi connectivity index (χ3n) is 6.22. The Bertz CT molecular complexity index is 1750. The van der Waals surface area contributed by atoms with E-state index in [-0.39, 0.29) is 12.2 Å². The lowest BCUT2D eigenvalue weighted by atomic mass is 9.95. The molecule has 8 nitrogen and oxygen atoms in total. The highest BCUT2D eigenvalue weighted by Gasteiger charge is 2.35. The number of nitrogens with one attached hydrogen (secondary N) is 1. The number of para-hydroxylation sites is 1. The number of nitrogens with zero attached hydrogens (tertiary/aromatic N) is 2. The molecule has 0 spiro atoms. The molecule has 0 unspecified atom stereocenters. The first-order valence-electron chi connectivity index (χ1n) is 11.5. The van der Waals surface area contributed by atoms with Gasteiger partial charge in [0.2, 0.25) is 0 Å². The van der Waals surface area contributed by atoms with Crippen LogP contribution >= 0.6 is 27.3 Å². The van der Waals surface area contributed by atoms with E-state index >= 15 is 0 Å². The first kappa shape index (κ1) is 25.0. The first-order chi connectivity index (χ1) is 17.9. The molecular formula is C27H24BrN3O5S. The van der Waals surface area contributed by atoms with E-state index in [1.807, 2.05) is 36.5 Å². The van der Waals surface area contributed by atoms with Crippen molar-refractivity contribution < 1.29 is 19.0 Å². The van der Waals surface area contributed by atoms with Crippen molar-refractivity contribution in [3.05, 3.63) is 89.2 Å². The van der Waals surface area contributed by atoms with Gasteiger partial charge >= 0.3 is 5.97 Å². The number of aromatic amines is 1. The Morgan fingerprint density at radius 1 is 1.22 bits per heavy atom. The van der Waals surface area contributed by atoms with E-state index in [0.717, 1.165) is 16.5 Å². The number of allylic oxidation sites excluding steroid dienone is 1. The number of aromatic nitrogens is 2. The van der Waals surface area contributed by atoms with Crippen molar-refractivity contribution in [1.29, 1.82) is 0 Å². The molecule has 1 aliphatic heterocycles. The van der Waals surface area contributed by atoms with Gasteiger partial charge in [-0.2, -0.15) is 0 Å². The number of ether oxygens (including phenoxy) is 3. The first-order valence-corrected chi connectivity index (χ1v) is 13.2. The van der Waals surface area contributed by atoms with Crippen molar-refractivity contribution in [2.45, 2.75) is 19.9 Å². The number of hydrogen-bond acceptors (Lipinski definition) is 7. The van der Waals surface area contributed by atoms with Crippen LogP contribution in [0.15, 0.2) is 68.1 Å². The van der Waals surface area contributed by atoms with Crippen LogP contribution in [0.1, 0.15) is 31.0 Å². The van der Waals surface area contributed by atoms with Crippen molar-refractivity contribution in [3.63, 3.8) is 0 Å². The molecule has 5 rings (SSSR count). The van der Waals surface area contributed by atoms with Gasteiger partial charge in [-0.25, -0.2) is 9.79 Å². The van der Waals surface area contributed by atoms with Crippen molar-refractivity contribution in [2.75, 3.05) is 20.8 Å². The van der Waals surface area contributed by atoms with E-state index in [2.05, 4.69) is 25.9 Å². The molecule has 0 amide bonds. The number of esters is 1. The van der Waals surface area contributed by atoms with Crippen molar-refractivity contribution in [2.24, 2.45) is 4.99 Å². The van der Waals surface area contributed by atoms with E-state index in [9.17, 15) is 9.59 Å². The van der Waals surface area contributed by atoms with Crippen LogP contribution in [0.2, 0.25) is 0 Å². The van der Waals surface area contributed by atoms with E-state index in [4.69, 9.17) is 14.2 Å². The molecule has 1 aliphatic rings. The summed E-state index contributed by atoms with van der Waals surface area (Å²) in [6.45, 7) is 3.69. The molecule has 37 heavy (non-hydrogen) atoms. The average molecular weight is 582 g/mol. The summed E-state index contributed by atoms with van der Waals surface area (Å²) in [4.78, 5) is 35.5. The number of carbonyl (C=O) groups is 1. The zero-order chi connectivity index (χ0) is 26.3. The van der Waals surface area contributed by atoms with Gasteiger partial charge in [0.1, 0.15) is 0 Å². The molecule has 0 radical (unpaired) electrons. The largest absolute Gasteiger partial charge is 0.493 e. The highest BCUT2D eigenvalue weighted by molar-refractivity contribution is 9.10. The molecule has 190 valence electrons. The Hall–Kier alpha value is -3.63. The minimum Gasteiger partial charge on any atom is -0.493 e. The summed E-state index contributed by atoms with van der Waals surface area (Å²) >= 11 is 4.89. The number of fused-ring (bicyclic) bond motifs is 2. The van der Waals surface area contributed by atoms with Crippen LogP contribution in [0.3, 0.4) is 0 Å². The fourth-order valence-corrected chi connectivity index (χ4v) is 6.10. The summed E-state index contributed by atoms with van der Waals surface area (Å²) in [6.07, 6.45) is 3.73. The van der Waals surface area contributed by atoms with Gasteiger partial charge in [0.25, 0.3) is 5.56 Å². The summed E-state index contributed by atoms with van der Waals surface area (Å²) in [5, 5.41) is 1.01. The molecule has 3 heterocycles. The lowest BCUT2D eigenvalue weighted by Gasteiger charge is -2.26. The molecule has 1 atom stereocenters. The minimum absolute atomic E-state index is 0.195. The summed E-state index contributed by atoms with van der Waals surface area (Å²) in [7, 11) is 3.08. The van der Waals surface area contributed by atoms with E-state index in [0.29, 0.717) is 42.1 Å². The third-order valence-corrected chi connectivity index (χ3v) is 7.89. The van der Waals surface area contributed by atoms with Crippen LogP contribution in [0.4, 0.5) is 0 Å². The quantitative estimate of drug-likeness (QED) is 0.346. The van der Waals surface area contributed by atoms with Gasteiger partial charge < -0.3 is 19.2 Å². The van der Waals surface area contributed by atoms with Gasteiger partial charge in [-0.05, 0) is 43.7 Å². The molecule has 4 aromatic rings. The van der Waals surface area contributed by atoms with Gasteiger partial charge in [-0.15, -0.1) is 0 Å². The number of methoxy groups -OCH3 is 2. The standard InChI is InChI=1S/C27H24BrN3O5S/c1-5-36-26(33)23-14(2)30-27-31(24(23)17-11-20(34-3)21(35-4)12-18(17)28)25(32)22(37-27)10-15-13-29-19-9-7-6-8-16(15)19/h6-13,24,29H,5H2,1-4H3/b22-10-/t24-/m1/s1. The number of carbonyl (C=O) groups excluding carboxylic acids is 1. The van der Waals surface area contributed by atoms with E-state index < -0.39 is 12.0 Å². The number of benzene rings is 2. The SMILES string of the molecule is CCOC(=O)C1=C(C)N=c2s/c(=C\c3c[nH]c4ccccc34)c(=O)n2[C@@H]1c1cc(OC)c(OC)cc1Br. The van der Waals surface area contributed by atoms with Crippen LogP contribution in [-0.4, -0.2) is 36.3 Å². The monoisotopic (exact) mass is 581 g/mol. The lowest BCUT2D eigenvalue weighted by molar-refractivity contribution is -0.139. The number of rotatable bonds is 6. The summed E-state index contributed by atoms with van der Waals surface area (Å²) in [6, 6.07) is 10.6. The van der Waals surface area contributed by atoms with Crippen molar-refractivity contribution >= 4 is 50.2 Å². The van der Waals surface area contributed by atoms with E-state index in [1.165, 1.54) is 18.4 Å². The van der Waals surface area contributed by atoms with Gasteiger partial charge in [0, 0.05) is 27.1 Å². The van der Waals surface area contributed by atoms with Gasteiger partial charge in [0.15, 0.2) is 16.3 Å². The van der Waals surface area contributed by atoms with Crippen molar-refractivity contribution in [3.8, 4) is 11.5 Å². The maximum atomic E-state index is 13.9. The van der Waals surface area contributed by atoms with Gasteiger partial charge in [0.05, 0.1) is 42.7 Å². The smallest absolute Gasteiger partial charge is 0.338 e. The predicted octanol–water partition coefficient (Wildman–Crippen LogP) is 4.06. The minimum atomic E-state index is -0.783. The molecule has 1 N–H and O–H groups in total. The number of H-pyrrole nitrogens is 1. The average Bonchev–Trinajstić information content (AvgIpc) is 3.43. The Balaban J connectivity index is 1.78. The second-order valence-electron chi connectivity index (χ2n) is 8.32. The molecule has 0 saturated heterocycles. The fourth-order valence-electron chi connectivity index (χ4n) is 4.52. The molecule has 0 bridgehead atoms. The summed E-state index contributed by atoms with van der Waals surface area (Å²) in [5.74, 6) is 0.462. The Kier molecular flexibility index (Phi) is 6.78. The molecule has 2 aromatic heterocycles. The Morgan fingerprint density at radius 2 is 1.95 bits per heavy atom. The van der Waals surface area contributed by atoms with Gasteiger partial charge in [-0.3, -0.25) is 9.36 Å². The van der Waals surface area contributed by atoms with Crippen LogP contribution < -0.4 is 24.4 Å². The predicted molar refractivity (Wildman–Crippen MR) is 146 cm³/mol. The summed E-state index contributed by atoms with van der Waals surface area (Å²) in [5.41, 5.74) is 3.05. The number of hydrogen-bond donors (Lipinski definition) is 1. The maximum Gasteiger partial charge on any atom is 0.338 e. The molecule has 0 fully saturated rings. The maximum absolute atomic E-state index is 13.9. The fraction of sp³-hybridized carbons (Fsp3) is 0.222. The lowest BCUT2D eigenvalue weighted by Crippen LogP contribution is -2.40. The molecule has 0 saturated carbocycles. The zero-order valence-corrected chi connectivity index (χ0v) is 23.0. The molecular weight excluding hydrogens is 558 g/mol. The Labute approximate surface area is 224 Å². The molecule has 2 aromatic carbocycles. The number of thiazole rings is 1. The molecule has 0 aliphatic carbocycles. The van der Waals surface area contributed by atoms with Crippen molar-refractivity contribution in [1.82, 2.24) is 9.55 Å². The second kappa shape index (κ2) is 10.0. The van der Waals surface area contributed by atoms with Crippen LogP contribution in [0.5, 0.6) is 11.5 Å². The topological polar surface area (TPSA) is 94.9 Å². The second-order valence-corrected chi connectivity index (χ2v) is 10.2. The van der Waals surface area contributed by atoms with Gasteiger partial charge in [-0.1, -0.05) is 45.5 Å². The Morgan fingerprint density at radius 3 is 2.68 bits per heavy atom. The summed E-state index contributed by atoms with van der Waals surface area (Å²) < 4.78 is 19.1. The normalized spacial score (nSPS) is 15.5. The zero-order valence-electron chi connectivity index (χ0n) is 20.6. The van der Waals surface area contributed by atoms with Crippen LogP contribution in [0, 0.1) is 0 Å². The van der Waals surface area contributed by atoms with E-state index in [1.54, 1.807) is 37.7 Å². The number of halogens is 1.